The molecular formula is C26H29Cl3N2. The van der Waals surface area contributed by atoms with Crippen molar-refractivity contribution in [2.75, 3.05) is 37.6 Å². The zero-order valence-corrected chi connectivity index (χ0v) is 19.9. The molecular weight excluding hydrogens is 447 g/mol. The fraction of sp³-hybridized carbons (Fsp3) is 0.231. The van der Waals surface area contributed by atoms with E-state index in [4.69, 9.17) is 11.6 Å². The summed E-state index contributed by atoms with van der Waals surface area (Å²) in [6.45, 7) is 5.42. The lowest BCUT2D eigenvalue weighted by Crippen LogP contribution is -2.46. The number of nitrogens with zero attached hydrogens (tertiary/aromatic N) is 2. The van der Waals surface area contributed by atoms with Gasteiger partial charge in [-0.15, -0.1) is 24.8 Å². The second-order valence-electron chi connectivity index (χ2n) is 7.57. The van der Waals surface area contributed by atoms with E-state index in [2.05, 4.69) is 88.7 Å². The Labute approximate surface area is 203 Å². The third-order valence-electron chi connectivity index (χ3n) is 5.47. The van der Waals surface area contributed by atoms with E-state index in [1.807, 2.05) is 12.1 Å². The highest BCUT2D eigenvalue weighted by atomic mass is 35.5. The van der Waals surface area contributed by atoms with Gasteiger partial charge in [-0.2, -0.15) is 0 Å². The summed E-state index contributed by atoms with van der Waals surface area (Å²) in [7, 11) is 0. The molecule has 0 saturated carbocycles. The Bertz CT molecular complexity index is 917. The largest absolute Gasteiger partial charge is 0.369 e. The topological polar surface area (TPSA) is 6.48 Å². The van der Waals surface area contributed by atoms with E-state index in [9.17, 15) is 0 Å². The minimum absolute atomic E-state index is 0. The van der Waals surface area contributed by atoms with E-state index < -0.39 is 0 Å². The molecule has 3 aromatic carbocycles. The number of rotatable bonds is 6. The molecule has 4 rings (SSSR count). The molecule has 1 aliphatic heterocycles. The average molecular weight is 476 g/mol. The minimum atomic E-state index is 0. The summed E-state index contributed by atoms with van der Waals surface area (Å²) in [6, 6.07) is 27.6. The summed E-state index contributed by atoms with van der Waals surface area (Å²) >= 11 is 5.96. The molecule has 0 N–H and O–H groups in total. The molecule has 1 aliphatic rings. The first kappa shape index (κ1) is 25.3. The highest BCUT2D eigenvalue weighted by Crippen LogP contribution is 2.16. The van der Waals surface area contributed by atoms with E-state index in [-0.39, 0.29) is 24.8 Å². The van der Waals surface area contributed by atoms with Gasteiger partial charge in [-0.3, -0.25) is 4.90 Å². The van der Waals surface area contributed by atoms with Crippen LogP contribution < -0.4 is 4.90 Å². The summed E-state index contributed by atoms with van der Waals surface area (Å²) in [5.74, 6) is 0. The van der Waals surface area contributed by atoms with Gasteiger partial charge in [-0.05, 0) is 47.4 Å². The number of piperazine rings is 1. The maximum atomic E-state index is 5.96. The quantitative estimate of drug-likeness (QED) is 0.396. The lowest BCUT2D eigenvalue weighted by atomic mass is 10.0. The van der Waals surface area contributed by atoms with Crippen LogP contribution in [0.25, 0.3) is 6.08 Å². The van der Waals surface area contributed by atoms with Crippen LogP contribution in [0.4, 0.5) is 5.69 Å². The van der Waals surface area contributed by atoms with E-state index in [1.165, 1.54) is 22.4 Å². The number of hydrogen-bond donors (Lipinski definition) is 0. The third-order valence-corrected chi connectivity index (χ3v) is 5.72. The van der Waals surface area contributed by atoms with Crippen LogP contribution >= 0.6 is 36.4 Å². The van der Waals surface area contributed by atoms with Crippen LogP contribution in [-0.2, 0) is 6.42 Å². The molecule has 0 amide bonds. The van der Waals surface area contributed by atoms with Gasteiger partial charge in [0.25, 0.3) is 0 Å². The zero-order valence-electron chi connectivity index (χ0n) is 17.5. The maximum Gasteiger partial charge on any atom is 0.0406 e. The van der Waals surface area contributed by atoms with Crippen LogP contribution in [0.15, 0.2) is 84.9 Å². The van der Waals surface area contributed by atoms with Crippen molar-refractivity contribution >= 4 is 48.2 Å². The fourth-order valence-electron chi connectivity index (χ4n) is 3.75. The Balaban J connectivity index is 0.00000171. The van der Waals surface area contributed by atoms with Crippen LogP contribution in [0, 0.1) is 0 Å². The van der Waals surface area contributed by atoms with Crippen LogP contribution in [0.5, 0.6) is 0 Å². The second-order valence-corrected chi connectivity index (χ2v) is 8.01. The van der Waals surface area contributed by atoms with E-state index in [1.54, 1.807) is 0 Å². The number of para-hydroxylation sites is 1. The van der Waals surface area contributed by atoms with Gasteiger partial charge in [0.2, 0.25) is 0 Å². The SMILES string of the molecule is Cl.Cl.Clc1ccc(Cc2ccc(C=CCN3CCN(c4ccccc4)CC3)cc2)cc1. The normalized spacial score (nSPS) is 14.2. The van der Waals surface area contributed by atoms with Gasteiger partial charge in [-0.1, -0.05) is 78.4 Å². The van der Waals surface area contributed by atoms with Gasteiger partial charge in [0, 0.05) is 43.4 Å². The van der Waals surface area contributed by atoms with Crippen LogP contribution in [0.2, 0.25) is 5.02 Å². The Hall–Kier alpha value is -1.97. The molecule has 0 aliphatic carbocycles. The van der Waals surface area contributed by atoms with E-state index in [0.717, 1.165) is 44.2 Å². The van der Waals surface area contributed by atoms with Crippen molar-refractivity contribution in [1.82, 2.24) is 4.90 Å². The van der Waals surface area contributed by atoms with Crippen molar-refractivity contribution in [2.45, 2.75) is 6.42 Å². The molecule has 5 heteroatoms. The lowest BCUT2D eigenvalue weighted by molar-refractivity contribution is 0.284. The molecule has 3 aromatic rings. The first-order valence-electron chi connectivity index (χ1n) is 10.3. The van der Waals surface area contributed by atoms with Crippen molar-refractivity contribution in [3.63, 3.8) is 0 Å². The van der Waals surface area contributed by atoms with Crippen LogP contribution in [0.1, 0.15) is 16.7 Å². The van der Waals surface area contributed by atoms with Crippen molar-refractivity contribution in [1.29, 1.82) is 0 Å². The first-order valence-corrected chi connectivity index (χ1v) is 10.7. The van der Waals surface area contributed by atoms with E-state index >= 15 is 0 Å². The standard InChI is InChI=1S/C26H27ClN2.2ClH/c27-25-14-12-24(13-15-25)21-23-10-8-22(9-11-23)5-4-16-28-17-19-29(20-18-28)26-6-2-1-3-7-26;;/h1-15H,16-21H2;2*1H. The van der Waals surface area contributed by atoms with Gasteiger partial charge in [0.15, 0.2) is 0 Å². The first-order chi connectivity index (χ1) is 14.3. The number of benzene rings is 3. The van der Waals surface area contributed by atoms with Gasteiger partial charge >= 0.3 is 0 Å². The summed E-state index contributed by atoms with van der Waals surface area (Å²) in [6.07, 6.45) is 5.45. The molecule has 1 fully saturated rings. The van der Waals surface area contributed by atoms with Gasteiger partial charge in [0.1, 0.15) is 0 Å². The molecule has 31 heavy (non-hydrogen) atoms. The average Bonchev–Trinajstić information content (AvgIpc) is 2.78. The number of hydrogen-bond acceptors (Lipinski definition) is 2. The van der Waals surface area contributed by atoms with Crippen molar-refractivity contribution in [2.24, 2.45) is 0 Å². The lowest BCUT2D eigenvalue weighted by Gasteiger charge is -2.35. The molecule has 1 heterocycles. The minimum Gasteiger partial charge on any atom is -0.369 e. The predicted molar refractivity (Wildman–Crippen MR) is 139 cm³/mol. The molecule has 0 bridgehead atoms. The zero-order chi connectivity index (χ0) is 19.9. The molecule has 1 saturated heterocycles. The van der Waals surface area contributed by atoms with Crippen molar-refractivity contribution in [3.05, 3.63) is 107 Å². The van der Waals surface area contributed by atoms with Gasteiger partial charge in [-0.25, -0.2) is 0 Å². The van der Waals surface area contributed by atoms with Gasteiger partial charge < -0.3 is 4.90 Å². The second kappa shape index (κ2) is 12.8. The summed E-state index contributed by atoms with van der Waals surface area (Å²) in [5.41, 5.74) is 5.20. The Morgan fingerprint density at radius 1 is 0.710 bits per heavy atom. The summed E-state index contributed by atoms with van der Waals surface area (Å²) < 4.78 is 0. The van der Waals surface area contributed by atoms with Gasteiger partial charge in [0.05, 0.1) is 0 Å². The smallest absolute Gasteiger partial charge is 0.0406 e. The molecule has 2 nitrogen and oxygen atoms in total. The van der Waals surface area contributed by atoms with Crippen molar-refractivity contribution in [3.8, 4) is 0 Å². The number of halogens is 3. The monoisotopic (exact) mass is 474 g/mol. The third kappa shape index (κ3) is 7.59. The molecule has 0 atom stereocenters. The molecule has 164 valence electrons. The molecule has 0 aromatic heterocycles. The highest BCUT2D eigenvalue weighted by Gasteiger charge is 2.15. The summed E-state index contributed by atoms with van der Waals surface area (Å²) in [5, 5.41) is 0.788. The number of anilines is 1. The highest BCUT2D eigenvalue weighted by molar-refractivity contribution is 6.30. The maximum absolute atomic E-state index is 5.96. The van der Waals surface area contributed by atoms with E-state index in [0.29, 0.717) is 0 Å². The Kier molecular flexibility index (Phi) is 10.4. The van der Waals surface area contributed by atoms with Crippen LogP contribution in [-0.4, -0.2) is 37.6 Å². The molecule has 0 unspecified atom stereocenters. The Morgan fingerprint density at radius 3 is 1.90 bits per heavy atom. The van der Waals surface area contributed by atoms with Crippen molar-refractivity contribution < 1.29 is 0 Å². The molecule has 0 radical (unpaired) electrons. The van der Waals surface area contributed by atoms with Crippen LogP contribution in [0.3, 0.4) is 0 Å². The molecule has 0 spiro atoms. The summed E-state index contributed by atoms with van der Waals surface area (Å²) in [4.78, 5) is 4.99. The predicted octanol–water partition coefficient (Wildman–Crippen LogP) is 6.61. The Morgan fingerprint density at radius 2 is 1.29 bits per heavy atom. The fourth-order valence-corrected chi connectivity index (χ4v) is 3.88.